The van der Waals surface area contributed by atoms with Crippen molar-refractivity contribution in [3.8, 4) is 11.5 Å². The van der Waals surface area contributed by atoms with Crippen LogP contribution in [0.15, 0.2) is 23.9 Å². The van der Waals surface area contributed by atoms with Crippen molar-refractivity contribution in [3.05, 3.63) is 68.4 Å². The number of aliphatic hydroxyl groups is 4. The van der Waals surface area contributed by atoms with E-state index < -0.39 is 135 Å². The number of allylic oxidation sites excluding steroid dienone is 2. The van der Waals surface area contributed by atoms with Crippen LogP contribution in [0.4, 0.5) is 0 Å². The van der Waals surface area contributed by atoms with Crippen LogP contribution in [0.3, 0.4) is 0 Å². The van der Waals surface area contributed by atoms with Crippen LogP contribution in [0.1, 0.15) is 94.7 Å². The number of ether oxygens (including phenoxy) is 3. The fraction of sp³-hybridized carbons (Fsp3) is 0.500. The summed E-state index contributed by atoms with van der Waals surface area (Å²) in [6.07, 6.45) is -3.15. The van der Waals surface area contributed by atoms with E-state index in [9.17, 15) is 54.6 Å². The summed E-state index contributed by atoms with van der Waals surface area (Å²) in [4.78, 5) is 72.4. The normalized spacial score (nSPS) is 32.0. The molecule has 2 aliphatic heterocycles. The number of ketones is 4. The van der Waals surface area contributed by atoms with E-state index >= 15 is 0 Å². The molecule has 16 heteroatoms. The number of carbonyl (C=O) groups is 5. The van der Waals surface area contributed by atoms with Gasteiger partial charge in [0.25, 0.3) is 5.91 Å². The molecule has 0 spiro atoms. The first-order valence-electron chi connectivity index (χ1n) is 17.7. The van der Waals surface area contributed by atoms with Crippen molar-refractivity contribution in [2.75, 3.05) is 33.9 Å². The van der Waals surface area contributed by atoms with E-state index in [0.717, 1.165) is 38.5 Å². The third-order valence-corrected chi connectivity index (χ3v) is 11.8. The van der Waals surface area contributed by atoms with E-state index in [1.165, 1.54) is 18.1 Å². The quantitative estimate of drug-likeness (QED) is 0.208. The lowest BCUT2D eigenvalue weighted by atomic mass is 9.56. The van der Waals surface area contributed by atoms with Gasteiger partial charge in [-0.1, -0.05) is 6.07 Å². The zero-order valence-electron chi connectivity index (χ0n) is 30.0. The molecule has 5 aliphatic rings. The van der Waals surface area contributed by atoms with Crippen LogP contribution in [0, 0.1) is 12.8 Å². The van der Waals surface area contributed by atoms with Crippen LogP contribution in [-0.4, -0.2) is 135 Å². The van der Waals surface area contributed by atoms with Gasteiger partial charge < -0.3 is 55.1 Å². The van der Waals surface area contributed by atoms with Gasteiger partial charge in [0.1, 0.15) is 23.8 Å². The van der Waals surface area contributed by atoms with Crippen molar-refractivity contribution in [2.24, 2.45) is 5.92 Å². The number of likely N-dealkylation sites (tertiary alicyclic amines) is 1. The number of amides is 1. The van der Waals surface area contributed by atoms with Crippen LogP contribution < -0.4 is 5.32 Å². The number of nitrogens with zero attached hydrogens (tertiary/aromatic N) is 1. The Bertz CT molecular complexity index is 2040. The molecule has 2 aromatic rings. The van der Waals surface area contributed by atoms with Crippen molar-refractivity contribution >= 4 is 29.0 Å². The second-order valence-corrected chi connectivity index (χ2v) is 14.6. The molecule has 7 N–H and O–H groups in total. The van der Waals surface area contributed by atoms with Gasteiger partial charge in [0, 0.05) is 56.5 Å². The van der Waals surface area contributed by atoms with Crippen molar-refractivity contribution in [2.45, 2.75) is 81.4 Å². The maximum absolute atomic E-state index is 14.8. The average molecular weight is 751 g/mol. The Hall–Kier alpha value is -4.55. The van der Waals surface area contributed by atoms with E-state index in [4.69, 9.17) is 14.2 Å². The molecule has 7 rings (SSSR count). The summed E-state index contributed by atoms with van der Waals surface area (Å²) in [5, 5.41) is 71.3. The molecule has 1 amide bonds. The molecule has 0 radical (unpaired) electrons. The van der Waals surface area contributed by atoms with Gasteiger partial charge in [-0.2, -0.15) is 0 Å². The largest absolute Gasteiger partial charge is 0.507 e. The molecule has 288 valence electrons. The Morgan fingerprint density at radius 1 is 1.00 bits per heavy atom. The van der Waals surface area contributed by atoms with Gasteiger partial charge in [0.05, 0.1) is 53.2 Å². The molecular weight excluding hydrogens is 708 g/mol. The van der Waals surface area contributed by atoms with Crippen molar-refractivity contribution in [1.82, 2.24) is 10.2 Å². The predicted molar refractivity (Wildman–Crippen MR) is 184 cm³/mol. The Labute approximate surface area is 308 Å². The Morgan fingerprint density at radius 2 is 1.69 bits per heavy atom. The molecule has 0 saturated carbocycles. The Kier molecular flexibility index (Phi) is 9.32. The molecule has 8 atom stereocenters. The van der Waals surface area contributed by atoms with Crippen molar-refractivity contribution < 1.29 is 68.8 Å². The molecular formula is C38H42N2O14. The lowest BCUT2D eigenvalue weighted by Crippen LogP contribution is -2.73. The monoisotopic (exact) mass is 750 g/mol. The Balaban J connectivity index is 1.36. The van der Waals surface area contributed by atoms with Gasteiger partial charge in [-0.3, -0.25) is 24.0 Å². The lowest BCUT2D eigenvalue weighted by molar-refractivity contribution is -0.214. The number of nitrogens with one attached hydrogen (secondary N) is 1. The predicted octanol–water partition coefficient (Wildman–Crippen LogP) is 0.183. The number of phenolic OH excluding ortho intramolecular Hbond substituents is 2. The number of fused-ring (bicyclic) bond motifs is 5. The summed E-state index contributed by atoms with van der Waals surface area (Å²) in [5.74, 6) is -8.05. The standard InChI is InChI=1S/C38H42N2O14/c1-15-10-17-11-23(43)38(53-4)34(49)26-19(33(48)37(38,51)27(17)31(47)24(15)36(50)40-8-6-5-7-9-40)12-18-25(30(26)46)22(42)13-21(28(18)44)39-35-20(14-41)29(45)32(52-3)16(2)54-35/h10,12-13,16,20,23,29,32,35,39,41,43,45-47,51H,5-9,11,14H2,1-4H3/t16-,20+,23+,29-,32-,35?,37-,38+/m0/s1. The molecule has 16 nitrogen and oxygen atoms in total. The second-order valence-electron chi connectivity index (χ2n) is 14.6. The van der Waals surface area contributed by atoms with Crippen molar-refractivity contribution in [3.63, 3.8) is 0 Å². The fourth-order valence-electron chi connectivity index (χ4n) is 9.06. The molecule has 3 aliphatic carbocycles. The number of benzene rings is 2. The molecule has 2 fully saturated rings. The topological polar surface area (TPSA) is 250 Å². The highest BCUT2D eigenvalue weighted by Crippen LogP contribution is 2.56. The van der Waals surface area contributed by atoms with Gasteiger partial charge in [0.15, 0.2) is 17.0 Å². The average Bonchev–Trinajstić information content (AvgIpc) is 3.13. The summed E-state index contributed by atoms with van der Waals surface area (Å²) in [6.45, 7) is 3.37. The lowest BCUT2D eigenvalue weighted by Gasteiger charge is -2.53. The highest BCUT2D eigenvalue weighted by atomic mass is 16.6. The van der Waals surface area contributed by atoms with E-state index in [-0.39, 0.29) is 11.1 Å². The van der Waals surface area contributed by atoms with Crippen LogP contribution in [-0.2, 0) is 26.2 Å². The molecule has 1 unspecified atom stereocenters. The van der Waals surface area contributed by atoms with Crippen LogP contribution in [0.5, 0.6) is 11.5 Å². The number of hydrogen-bond donors (Lipinski definition) is 7. The number of rotatable bonds is 6. The summed E-state index contributed by atoms with van der Waals surface area (Å²) < 4.78 is 16.7. The number of aliphatic hydroxyl groups excluding tert-OH is 3. The molecule has 2 heterocycles. The number of Topliss-reactive ketones (excluding diaryl/α,β-unsaturated/α-hetero) is 3. The number of carbonyl (C=O) groups excluding carboxylic acids is 5. The van der Waals surface area contributed by atoms with Crippen molar-refractivity contribution in [1.29, 1.82) is 0 Å². The van der Waals surface area contributed by atoms with E-state index in [2.05, 4.69) is 5.32 Å². The molecule has 2 saturated heterocycles. The third-order valence-electron chi connectivity index (χ3n) is 11.8. The van der Waals surface area contributed by atoms with Crippen LogP contribution in [0.2, 0.25) is 0 Å². The first-order valence-corrected chi connectivity index (χ1v) is 17.7. The maximum atomic E-state index is 14.8. The van der Waals surface area contributed by atoms with Gasteiger partial charge in [-0.25, -0.2) is 0 Å². The first-order chi connectivity index (χ1) is 25.6. The summed E-state index contributed by atoms with van der Waals surface area (Å²) in [7, 11) is 2.30. The molecule has 54 heavy (non-hydrogen) atoms. The number of phenols is 2. The number of aromatic hydroxyl groups is 2. The smallest absolute Gasteiger partial charge is 0.257 e. The van der Waals surface area contributed by atoms with E-state index in [1.54, 1.807) is 13.8 Å². The summed E-state index contributed by atoms with van der Waals surface area (Å²) >= 11 is 0. The summed E-state index contributed by atoms with van der Waals surface area (Å²) in [5.41, 5.74) is -9.59. The number of aryl methyl sites for hydroxylation is 1. The molecule has 2 aromatic carbocycles. The maximum Gasteiger partial charge on any atom is 0.257 e. The Morgan fingerprint density at radius 3 is 2.31 bits per heavy atom. The molecule has 0 aromatic heterocycles. The van der Waals surface area contributed by atoms with E-state index in [1.807, 2.05) is 0 Å². The molecule has 0 bridgehead atoms. The highest BCUT2D eigenvalue weighted by molar-refractivity contribution is 6.31. The fourth-order valence-corrected chi connectivity index (χ4v) is 9.06. The summed E-state index contributed by atoms with van der Waals surface area (Å²) in [6, 6.07) is 2.31. The van der Waals surface area contributed by atoms with E-state index in [0.29, 0.717) is 18.7 Å². The van der Waals surface area contributed by atoms with Gasteiger partial charge in [0.2, 0.25) is 17.3 Å². The number of piperidine rings is 1. The van der Waals surface area contributed by atoms with Crippen LogP contribution >= 0.6 is 0 Å². The van der Waals surface area contributed by atoms with Gasteiger partial charge in [-0.15, -0.1) is 0 Å². The minimum Gasteiger partial charge on any atom is -0.507 e. The number of hydrogen-bond acceptors (Lipinski definition) is 15. The third kappa shape index (κ3) is 4.98. The minimum absolute atomic E-state index is 0.0494. The van der Waals surface area contributed by atoms with Gasteiger partial charge >= 0.3 is 0 Å². The zero-order valence-corrected chi connectivity index (χ0v) is 30.0. The highest BCUT2D eigenvalue weighted by Gasteiger charge is 2.72. The van der Waals surface area contributed by atoms with Crippen LogP contribution in [0.25, 0.3) is 0 Å². The SMILES string of the molecule is CO[C@@H]1[C@@H](O)[C@@H](CO)C(NC2=CC(=O)c3c(cc4c(c3O)C(=O)[C@]3(OC)[C@H](O)Cc5cc(C)c(C(=O)N6CCCCC6)c(O)c5[C@]3(O)C4=O)C2=O)O[C@H]1C. The number of methoxy groups -OCH3 is 2. The zero-order chi connectivity index (χ0) is 39.2. The first kappa shape index (κ1) is 37.8. The second kappa shape index (κ2) is 13.3. The minimum atomic E-state index is -3.21. The van der Waals surface area contributed by atoms with Gasteiger partial charge in [-0.05, 0) is 50.3 Å².